The summed E-state index contributed by atoms with van der Waals surface area (Å²) in [5, 5.41) is 3.63. The summed E-state index contributed by atoms with van der Waals surface area (Å²) in [6.07, 6.45) is 0.204. The number of ether oxygens (including phenoxy) is 1. The van der Waals surface area contributed by atoms with Crippen LogP contribution in [0, 0.1) is 0 Å². The van der Waals surface area contributed by atoms with Crippen LogP contribution in [0.15, 0.2) is 108 Å². The van der Waals surface area contributed by atoms with Gasteiger partial charge in [-0.15, -0.1) is 0 Å². The molecule has 4 aromatic carbocycles. The molecule has 0 bridgehead atoms. The van der Waals surface area contributed by atoms with Crippen LogP contribution in [0.25, 0.3) is 0 Å². The highest BCUT2D eigenvalue weighted by Crippen LogP contribution is 2.28. The molecule has 4 rings (SSSR count). The number of likely N-dealkylation sites (N-methyl/N-ethyl adjacent to an activating group) is 1. The Hall–Kier alpha value is -4.05. The lowest BCUT2D eigenvalue weighted by Crippen LogP contribution is -2.53. The van der Waals surface area contributed by atoms with E-state index in [0.717, 1.165) is 9.87 Å². The van der Waals surface area contributed by atoms with Crippen molar-refractivity contribution in [2.75, 3.05) is 24.0 Å². The molecular formula is C34H35Cl2N3O5S. The van der Waals surface area contributed by atoms with Crippen molar-refractivity contribution in [3.05, 3.63) is 124 Å². The molecule has 0 aromatic heterocycles. The second kappa shape index (κ2) is 15.8. The topological polar surface area (TPSA) is 96.0 Å². The average Bonchev–Trinajstić information content (AvgIpc) is 3.03. The van der Waals surface area contributed by atoms with E-state index in [1.807, 2.05) is 37.3 Å². The van der Waals surface area contributed by atoms with Gasteiger partial charge in [0.25, 0.3) is 10.0 Å². The van der Waals surface area contributed by atoms with Gasteiger partial charge in [0, 0.05) is 29.6 Å². The van der Waals surface area contributed by atoms with Crippen molar-refractivity contribution in [3.8, 4) is 5.75 Å². The molecular weight excluding hydrogens is 633 g/mol. The van der Waals surface area contributed by atoms with Crippen LogP contribution in [0.4, 0.5) is 5.69 Å². The van der Waals surface area contributed by atoms with Crippen LogP contribution >= 0.6 is 23.2 Å². The van der Waals surface area contributed by atoms with Crippen LogP contribution in [0.1, 0.15) is 25.0 Å². The van der Waals surface area contributed by atoms with Gasteiger partial charge in [-0.1, -0.05) is 71.7 Å². The predicted molar refractivity (Wildman–Crippen MR) is 178 cm³/mol. The molecule has 45 heavy (non-hydrogen) atoms. The van der Waals surface area contributed by atoms with Gasteiger partial charge < -0.3 is 15.0 Å². The van der Waals surface area contributed by atoms with Crippen molar-refractivity contribution in [2.45, 2.75) is 37.8 Å². The maximum absolute atomic E-state index is 14.4. The first-order valence-corrected chi connectivity index (χ1v) is 16.7. The summed E-state index contributed by atoms with van der Waals surface area (Å²) >= 11 is 12.6. The Morgan fingerprint density at radius 3 is 2.11 bits per heavy atom. The van der Waals surface area contributed by atoms with E-state index in [-0.39, 0.29) is 29.5 Å². The highest BCUT2D eigenvalue weighted by Gasteiger charge is 2.34. The highest BCUT2D eigenvalue weighted by atomic mass is 35.5. The summed E-state index contributed by atoms with van der Waals surface area (Å²) in [4.78, 5) is 29.4. The number of sulfonamides is 1. The molecule has 11 heteroatoms. The minimum atomic E-state index is -4.26. The Bertz CT molecular complexity index is 1690. The number of anilines is 1. The van der Waals surface area contributed by atoms with Crippen LogP contribution < -0.4 is 14.4 Å². The molecule has 0 aliphatic rings. The molecule has 0 unspecified atom stereocenters. The van der Waals surface area contributed by atoms with Gasteiger partial charge in [-0.05, 0) is 79.6 Å². The quantitative estimate of drug-likeness (QED) is 0.169. The monoisotopic (exact) mass is 667 g/mol. The van der Waals surface area contributed by atoms with Crippen LogP contribution in [0.2, 0.25) is 10.0 Å². The van der Waals surface area contributed by atoms with Gasteiger partial charge in [0.05, 0.1) is 17.2 Å². The Morgan fingerprint density at radius 1 is 0.844 bits per heavy atom. The van der Waals surface area contributed by atoms with Crippen molar-refractivity contribution in [3.63, 3.8) is 0 Å². The van der Waals surface area contributed by atoms with Gasteiger partial charge in [0.1, 0.15) is 18.3 Å². The van der Waals surface area contributed by atoms with Gasteiger partial charge in [0.2, 0.25) is 11.8 Å². The standard InChI is InChI=1S/C34H35Cl2N3O5S/c1-3-37-34(41)32(22-25-10-6-5-7-11-25)38(23-26-12-8-9-13-31(26)36)33(40)24-39(28-16-18-29(19-17-28)44-4-2)45(42,43)30-20-14-27(35)15-21-30/h5-21,32H,3-4,22-24H2,1-2H3,(H,37,41)/t32-/m1/s1. The maximum atomic E-state index is 14.4. The third-order valence-corrected chi connectivity index (χ3v) is 9.45. The van der Waals surface area contributed by atoms with E-state index < -0.39 is 28.5 Å². The summed E-state index contributed by atoms with van der Waals surface area (Å²) in [6, 6.07) is 27.6. The first-order valence-electron chi connectivity index (χ1n) is 14.5. The molecule has 0 saturated heterocycles. The van der Waals surface area contributed by atoms with Crippen LogP contribution in [-0.4, -0.2) is 50.9 Å². The molecule has 0 aliphatic carbocycles. The number of carbonyl (C=O) groups excluding carboxylic acids is 2. The van der Waals surface area contributed by atoms with E-state index in [2.05, 4.69) is 5.32 Å². The zero-order valence-corrected chi connectivity index (χ0v) is 27.4. The van der Waals surface area contributed by atoms with Gasteiger partial charge >= 0.3 is 0 Å². The van der Waals surface area contributed by atoms with Gasteiger partial charge in [-0.2, -0.15) is 0 Å². The summed E-state index contributed by atoms with van der Waals surface area (Å²) in [5.74, 6) is -0.403. The second-order valence-electron chi connectivity index (χ2n) is 10.1. The van der Waals surface area contributed by atoms with Crippen molar-refractivity contribution < 1.29 is 22.7 Å². The molecule has 0 heterocycles. The number of nitrogens with zero attached hydrogens (tertiary/aromatic N) is 2. The molecule has 4 aromatic rings. The first-order chi connectivity index (χ1) is 21.6. The third kappa shape index (κ3) is 8.78. The zero-order valence-electron chi connectivity index (χ0n) is 25.0. The largest absolute Gasteiger partial charge is 0.494 e. The lowest BCUT2D eigenvalue weighted by Gasteiger charge is -2.34. The second-order valence-corrected chi connectivity index (χ2v) is 12.8. The molecule has 0 radical (unpaired) electrons. The summed E-state index contributed by atoms with van der Waals surface area (Å²) < 4.78 is 34.8. The first kappa shape index (κ1) is 33.8. The number of hydrogen-bond donors (Lipinski definition) is 1. The summed E-state index contributed by atoms with van der Waals surface area (Å²) in [5.41, 5.74) is 1.70. The number of nitrogens with one attached hydrogen (secondary N) is 1. The molecule has 0 spiro atoms. The van der Waals surface area contributed by atoms with Gasteiger partial charge in [0.15, 0.2) is 0 Å². The lowest BCUT2D eigenvalue weighted by molar-refractivity contribution is -0.140. The zero-order chi connectivity index (χ0) is 32.4. The fourth-order valence-electron chi connectivity index (χ4n) is 4.79. The molecule has 1 N–H and O–H groups in total. The van der Waals surface area contributed by atoms with Crippen LogP contribution in [0.5, 0.6) is 5.75 Å². The molecule has 8 nitrogen and oxygen atoms in total. The molecule has 2 amide bonds. The molecule has 236 valence electrons. The minimum absolute atomic E-state index is 0.0226. The number of amides is 2. The maximum Gasteiger partial charge on any atom is 0.264 e. The fourth-order valence-corrected chi connectivity index (χ4v) is 6.53. The Balaban J connectivity index is 1.80. The van der Waals surface area contributed by atoms with Crippen LogP contribution in [0.3, 0.4) is 0 Å². The van der Waals surface area contributed by atoms with E-state index >= 15 is 0 Å². The number of hydrogen-bond acceptors (Lipinski definition) is 5. The average molecular weight is 669 g/mol. The molecule has 1 atom stereocenters. The van der Waals surface area contributed by atoms with E-state index in [1.54, 1.807) is 55.5 Å². The van der Waals surface area contributed by atoms with Crippen molar-refractivity contribution >= 4 is 50.7 Å². The van der Waals surface area contributed by atoms with E-state index in [0.29, 0.717) is 34.5 Å². The van der Waals surface area contributed by atoms with Gasteiger partial charge in [-0.3, -0.25) is 13.9 Å². The number of carbonyl (C=O) groups is 2. The van der Waals surface area contributed by atoms with E-state index in [1.165, 1.54) is 29.2 Å². The van der Waals surface area contributed by atoms with E-state index in [4.69, 9.17) is 27.9 Å². The normalized spacial score (nSPS) is 11.8. The molecule has 0 fully saturated rings. The van der Waals surface area contributed by atoms with Crippen LogP contribution in [-0.2, 0) is 32.6 Å². The number of rotatable bonds is 14. The molecule has 0 aliphatic heterocycles. The number of halogens is 2. The Morgan fingerprint density at radius 2 is 1.49 bits per heavy atom. The highest BCUT2D eigenvalue weighted by molar-refractivity contribution is 7.92. The predicted octanol–water partition coefficient (Wildman–Crippen LogP) is 6.36. The summed E-state index contributed by atoms with van der Waals surface area (Å²) in [7, 11) is -4.26. The Labute approximate surface area is 274 Å². The van der Waals surface area contributed by atoms with Gasteiger partial charge in [-0.25, -0.2) is 8.42 Å². The lowest BCUT2D eigenvalue weighted by atomic mass is 10.0. The van der Waals surface area contributed by atoms with Crippen molar-refractivity contribution in [2.24, 2.45) is 0 Å². The van der Waals surface area contributed by atoms with E-state index in [9.17, 15) is 18.0 Å². The smallest absolute Gasteiger partial charge is 0.264 e. The molecule has 0 saturated carbocycles. The van der Waals surface area contributed by atoms with Crippen molar-refractivity contribution in [1.82, 2.24) is 10.2 Å². The Kier molecular flexibility index (Phi) is 11.9. The van der Waals surface area contributed by atoms with Crippen molar-refractivity contribution in [1.29, 1.82) is 0 Å². The number of benzene rings is 4. The minimum Gasteiger partial charge on any atom is -0.494 e. The third-order valence-electron chi connectivity index (χ3n) is 7.04. The SMILES string of the molecule is CCNC(=O)[C@@H](Cc1ccccc1)N(Cc1ccccc1Cl)C(=O)CN(c1ccc(OCC)cc1)S(=O)(=O)c1ccc(Cl)cc1. The summed E-state index contributed by atoms with van der Waals surface area (Å²) in [6.45, 7) is 3.81. The fraction of sp³-hybridized carbons (Fsp3) is 0.235.